The summed E-state index contributed by atoms with van der Waals surface area (Å²) in [5.74, 6) is -0.185. The molecular formula is C12H17FN2. The van der Waals surface area contributed by atoms with Crippen LogP contribution in [0.3, 0.4) is 0 Å². The van der Waals surface area contributed by atoms with Crippen LogP contribution >= 0.6 is 0 Å². The van der Waals surface area contributed by atoms with Crippen LogP contribution < -0.4 is 10.6 Å². The van der Waals surface area contributed by atoms with Crippen LogP contribution in [0.15, 0.2) is 18.2 Å². The highest BCUT2D eigenvalue weighted by Crippen LogP contribution is 2.50. The highest BCUT2D eigenvalue weighted by molar-refractivity contribution is 5.58. The first-order chi connectivity index (χ1) is 7.09. The Hall–Kier alpha value is -1.09. The summed E-state index contributed by atoms with van der Waals surface area (Å²) in [6.07, 6.45) is 2.24. The predicted octanol–water partition coefficient (Wildman–Crippen LogP) is 1.88. The van der Waals surface area contributed by atoms with Gasteiger partial charge in [0, 0.05) is 31.7 Å². The standard InChI is InChI=1S/C12H17FN2/c1-15(2)11-7-9(13)3-4-10(11)12(8-14)5-6-12/h3-4,7H,5-6,8,14H2,1-2H3. The van der Waals surface area contributed by atoms with Gasteiger partial charge in [0.2, 0.25) is 0 Å². The highest BCUT2D eigenvalue weighted by atomic mass is 19.1. The third-order valence-corrected chi connectivity index (χ3v) is 3.26. The van der Waals surface area contributed by atoms with Crippen LogP contribution in [0, 0.1) is 5.82 Å². The van der Waals surface area contributed by atoms with Gasteiger partial charge in [0.25, 0.3) is 0 Å². The summed E-state index contributed by atoms with van der Waals surface area (Å²) in [6.45, 7) is 0.652. The first-order valence-corrected chi connectivity index (χ1v) is 5.26. The van der Waals surface area contributed by atoms with E-state index in [1.807, 2.05) is 25.1 Å². The minimum Gasteiger partial charge on any atom is -0.377 e. The molecule has 3 heteroatoms. The van der Waals surface area contributed by atoms with E-state index in [2.05, 4.69) is 0 Å². The molecule has 0 atom stereocenters. The highest BCUT2D eigenvalue weighted by Gasteiger charge is 2.44. The van der Waals surface area contributed by atoms with Gasteiger partial charge < -0.3 is 10.6 Å². The number of halogens is 1. The third-order valence-electron chi connectivity index (χ3n) is 3.26. The van der Waals surface area contributed by atoms with Crippen molar-refractivity contribution in [3.63, 3.8) is 0 Å². The van der Waals surface area contributed by atoms with Crippen LogP contribution in [0.4, 0.5) is 10.1 Å². The van der Waals surface area contributed by atoms with Gasteiger partial charge in [-0.3, -0.25) is 0 Å². The Morgan fingerprint density at radius 2 is 2.07 bits per heavy atom. The maximum Gasteiger partial charge on any atom is 0.125 e. The Kier molecular flexibility index (Phi) is 2.43. The van der Waals surface area contributed by atoms with Crippen molar-refractivity contribution in [2.45, 2.75) is 18.3 Å². The molecule has 2 N–H and O–H groups in total. The van der Waals surface area contributed by atoms with Crippen molar-refractivity contribution < 1.29 is 4.39 Å². The Bertz CT molecular complexity index is 370. The fourth-order valence-electron chi connectivity index (χ4n) is 2.06. The Morgan fingerprint density at radius 1 is 1.40 bits per heavy atom. The van der Waals surface area contributed by atoms with Gasteiger partial charge in [0.1, 0.15) is 5.82 Å². The van der Waals surface area contributed by atoms with Crippen LogP contribution in [-0.2, 0) is 5.41 Å². The van der Waals surface area contributed by atoms with E-state index in [9.17, 15) is 4.39 Å². The average molecular weight is 208 g/mol. The van der Waals surface area contributed by atoms with Crippen molar-refractivity contribution in [1.82, 2.24) is 0 Å². The summed E-state index contributed by atoms with van der Waals surface area (Å²) in [6, 6.07) is 4.99. The van der Waals surface area contributed by atoms with E-state index in [1.165, 1.54) is 11.6 Å². The fourth-order valence-corrected chi connectivity index (χ4v) is 2.06. The van der Waals surface area contributed by atoms with Crippen molar-refractivity contribution in [3.8, 4) is 0 Å². The lowest BCUT2D eigenvalue weighted by Gasteiger charge is -2.22. The molecule has 1 aromatic carbocycles. The molecule has 82 valence electrons. The first-order valence-electron chi connectivity index (χ1n) is 5.26. The number of rotatable bonds is 3. The van der Waals surface area contributed by atoms with Crippen LogP contribution in [-0.4, -0.2) is 20.6 Å². The Morgan fingerprint density at radius 3 is 2.53 bits per heavy atom. The quantitative estimate of drug-likeness (QED) is 0.821. The lowest BCUT2D eigenvalue weighted by molar-refractivity contribution is 0.623. The minimum atomic E-state index is -0.185. The number of hydrogen-bond donors (Lipinski definition) is 1. The van der Waals surface area contributed by atoms with E-state index in [1.54, 1.807) is 6.07 Å². The summed E-state index contributed by atoms with van der Waals surface area (Å²) < 4.78 is 13.2. The lowest BCUT2D eigenvalue weighted by atomic mass is 9.94. The second-order valence-electron chi connectivity index (χ2n) is 4.54. The molecule has 0 spiro atoms. The normalized spacial score (nSPS) is 17.6. The van der Waals surface area contributed by atoms with Crippen molar-refractivity contribution in [2.24, 2.45) is 5.73 Å². The largest absolute Gasteiger partial charge is 0.377 e. The predicted molar refractivity (Wildman–Crippen MR) is 60.7 cm³/mol. The number of hydrogen-bond acceptors (Lipinski definition) is 2. The molecule has 0 heterocycles. The fraction of sp³-hybridized carbons (Fsp3) is 0.500. The number of nitrogens with zero attached hydrogens (tertiary/aromatic N) is 1. The van der Waals surface area contributed by atoms with Gasteiger partial charge in [0.15, 0.2) is 0 Å². The van der Waals surface area contributed by atoms with Gasteiger partial charge in [0.05, 0.1) is 0 Å². The molecule has 0 saturated heterocycles. The molecule has 1 saturated carbocycles. The minimum absolute atomic E-state index is 0.118. The summed E-state index contributed by atoms with van der Waals surface area (Å²) in [7, 11) is 3.87. The van der Waals surface area contributed by atoms with Gasteiger partial charge in [-0.05, 0) is 30.5 Å². The molecule has 1 aliphatic carbocycles. The molecule has 2 rings (SSSR count). The topological polar surface area (TPSA) is 29.3 Å². The molecule has 0 bridgehead atoms. The smallest absolute Gasteiger partial charge is 0.125 e. The maximum absolute atomic E-state index is 13.2. The molecule has 1 fully saturated rings. The Balaban J connectivity index is 2.47. The number of anilines is 1. The van der Waals surface area contributed by atoms with Crippen molar-refractivity contribution in [2.75, 3.05) is 25.5 Å². The average Bonchev–Trinajstić information content (AvgIpc) is 2.98. The van der Waals surface area contributed by atoms with Crippen LogP contribution in [0.1, 0.15) is 18.4 Å². The van der Waals surface area contributed by atoms with E-state index in [0.29, 0.717) is 6.54 Å². The summed E-state index contributed by atoms with van der Waals surface area (Å²) in [5, 5.41) is 0. The van der Waals surface area contributed by atoms with E-state index in [0.717, 1.165) is 18.5 Å². The molecule has 1 aromatic rings. The molecule has 0 aliphatic heterocycles. The second kappa shape index (κ2) is 3.49. The zero-order valence-corrected chi connectivity index (χ0v) is 9.26. The van der Waals surface area contributed by atoms with Gasteiger partial charge >= 0.3 is 0 Å². The van der Waals surface area contributed by atoms with Crippen LogP contribution in [0.2, 0.25) is 0 Å². The van der Waals surface area contributed by atoms with Gasteiger partial charge in [-0.15, -0.1) is 0 Å². The third kappa shape index (κ3) is 1.72. The first kappa shape index (κ1) is 10.4. The molecule has 0 aromatic heterocycles. The molecule has 0 unspecified atom stereocenters. The monoisotopic (exact) mass is 208 g/mol. The van der Waals surface area contributed by atoms with Crippen LogP contribution in [0.5, 0.6) is 0 Å². The van der Waals surface area contributed by atoms with Gasteiger partial charge in [-0.25, -0.2) is 4.39 Å². The molecule has 15 heavy (non-hydrogen) atoms. The van der Waals surface area contributed by atoms with Gasteiger partial charge in [-0.2, -0.15) is 0 Å². The van der Waals surface area contributed by atoms with E-state index in [-0.39, 0.29) is 11.2 Å². The molecule has 2 nitrogen and oxygen atoms in total. The SMILES string of the molecule is CN(C)c1cc(F)ccc1C1(CN)CC1. The molecular weight excluding hydrogens is 191 g/mol. The number of benzene rings is 1. The van der Waals surface area contributed by atoms with Crippen molar-refractivity contribution in [3.05, 3.63) is 29.6 Å². The van der Waals surface area contributed by atoms with Gasteiger partial charge in [-0.1, -0.05) is 6.07 Å². The lowest BCUT2D eigenvalue weighted by Crippen LogP contribution is -2.23. The molecule has 0 radical (unpaired) electrons. The summed E-state index contributed by atoms with van der Waals surface area (Å²) >= 11 is 0. The maximum atomic E-state index is 13.2. The summed E-state index contributed by atoms with van der Waals surface area (Å²) in [5.41, 5.74) is 8.06. The zero-order valence-electron chi connectivity index (χ0n) is 9.26. The van der Waals surface area contributed by atoms with E-state index >= 15 is 0 Å². The molecule has 0 amide bonds. The summed E-state index contributed by atoms with van der Waals surface area (Å²) in [4.78, 5) is 1.95. The van der Waals surface area contributed by atoms with Crippen molar-refractivity contribution in [1.29, 1.82) is 0 Å². The van der Waals surface area contributed by atoms with E-state index in [4.69, 9.17) is 5.73 Å². The Labute approximate surface area is 89.9 Å². The number of nitrogens with two attached hydrogens (primary N) is 1. The second-order valence-corrected chi connectivity index (χ2v) is 4.54. The molecule has 1 aliphatic rings. The van der Waals surface area contributed by atoms with Crippen molar-refractivity contribution >= 4 is 5.69 Å². The zero-order chi connectivity index (χ0) is 11.1. The van der Waals surface area contributed by atoms with Crippen LogP contribution in [0.25, 0.3) is 0 Å². The van der Waals surface area contributed by atoms with E-state index < -0.39 is 0 Å².